The predicted octanol–water partition coefficient (Wildman–Crippen LogP) is 2.93. The Kier molecular flexibility index (Phi) is 4.95. The van der Waals surface area contributed by atoms with E-state index in [1.807, 2.05) is 0 Å². The van der Waals surface area contributed by atoms with Gasteiger partial charge in [-0.05, 0) is 19.2 Å². The molecule has 0 amide bonds. The van der Waals surface area contributed by atoms with Crippen LogP contribution in [0.3, 0.4) is 0 Å². The molecule has 0 aliphatic heterocycles. The maximum absolute atomic E-state index is 13.6. The molecule has 1 N–H and O–H groups in total. The summed E-state index contributed by atoms with van der Waals surface area (Å²) in [6, 6.07) is 4.41. The van der Waals surface area contributed by atoms with Gasteiger partial charge in [0.1, 0.15) is 5.82 Å². The summed E-state index contributed by atoms with van der Waals surface area (Å²) in [5.41, 5.74) is 0.860. The molecule has 0 aromatic heterocycles. The minimum Gasteiger partial charge on any atom is -0.374 e. The molecule has 0 saturated carbocycles. The Balaban J connectivity index is 2.84. The number of hydrogen-bond acceptors (Lipinski definition) is 2. The largest absolute Gasteiger partial charge is 0.390 e. The fourth-order valence-electron chi connectivity index (χ4n) is 1.67. The van der Waals surface area contributed by atoms with Crippen molar-refractivity contribution in [3.63, 3.8) is 0 Å². The molecular formula is C12H16F4N2. The molecule has 0 fully saturated rings. The van der Waals surface area contributed by atoms with E-state index in [2.05, 4.69) is 5.32 Å². The van der Waals surface area contributed by atoms with E-state index in [9.17, 15) is 17.6 Å². The number of nitrogens with zero attached hydrogens (tertiary/aromatic N) is 1. The second-order valence-electron chi connectivity index (χ2n) is 4.05. The maximum Gasteiger partial charge on any atom is 0.390 e. The van der Waals surface area contributed by atoms with Crippen LogP contribution in [0.1, 0.15) is 12.0 Å². The van der Waals surface area contributed by atoms with Crippen LogP contribution in [0, 0.1) is 5.82 Å². The third-order valence-electron chi connectivity index (χ3n) is 2.59. The lowest BCUT2D eigenvalue weighted by atomic mass is 10.1. The van der Waals surface area contributed by atoms with Gasteiger partial charge in [-0.1, -0.05) is 6.07 Å². The van der Waals surface area contributed by atoms with Crippen LogP contribution >= 0.6 is 0 Å². The zero-order valence-corrected chi connectivity index (χ0v) is 10.3. The normalized spacial score (nSPS) is 11.7. The van der Waals surface area contributed by atoms with E-state index in [1.165, 1.54) is 24.1 Å². The van der Waals surface area contributed by atoms with Crippen LogP contribution in [0.25, 0.3) is 0 Å². The molecule has 0 radical (unpaired) electrons. The summed E-state index contributed by atoms with van der Waals surface area (Å²) in [4.78, 5) is 1.42. The fraction of sp³-hybridized carbons (Fsp3) is 0.500. The van der Waals surface area contributed by atoms with E-state index < -0.39 is 18.4 Å². The van der Waals surface area contributed by atoms with Crippen LogP contribution < -0.4 is 10.2 Å². The van der Waals surface area contributed by atoms with Gasteiger partial charge in [-0.25, -0.2) is 4.39 Å². The second kappa shape index (κ2) is 6.04. The van der Waals surface area contributed by atoms with Crippen molar-refractivity contribution in [2.24, 2.45) is 0 Å². The number of rotatable bonds is 5. The number of nitrogens with one attached hydrogen (secondary N) is 1. The van der Waals surface area contributed by atoms with Gasteiger partial charge in [-0.15, -0.1) is 0 Å². The highest BCUT2D eigenvalue weighted by Gasteiger charge is 2.27. The number of anilines is 1. The summed E-state index contributed by atoms with van der Waals surface area (Å²) >= 11 is 0. The topological polar surface area (TPSA) is 15.3 Å². The van der Waals surface area contributed by atoms with E-state index in [1.54, 1.807) is 13.1 Å². The molecule has 2 nitrogen and oxygen atoms in total. The lowest BCUT2D eigenvalue weighted by Crippen LogP contribution is -2.26. The highest BCUT2D eigenvalue weighted by molar-refractivity contribution is 5.53. The minimum atomic E-state index is -4.20. The molecule has 1 aromatic rings. The first-order valence-corrected chi connectivity index (χ1v) is 5.55. The molecule has 0 aliphatic rings. The van der Waals surface area contributed by atoms with E-state index >= 15 is 0 Å². The number of benzene rings is 1. The van der Waals surface area contributed by atoms with Crippen LogP contribution in [-0.2, 0) is 6.54 Å². The molecule has 6 heteroatoms. The van der Waals surface area contributed by atoms with Crippen LogP contribution in [-0.4, -0.2) is 26.8 Å². The van der Waals surface area contributed by atoms with Crippen molar-refractivity contribution in [2.75, 3.05) is 25.5 Å². The van der Waals surface area contributed by atoms with Gasteiger partial charge in [0.05, 0.1) is 6.42 Å². The Hall–Kier alpha value is -1.30. The van der Waals surface area contributed by atoms with Crippen molar-refractivity contribution in [3.8, 4) is 0 Å². The van der Waals surface area contributed by atoms with Gasteiger partial charge in [0.25, 0.3) is 0 Å². The lowest BCUT2D eigenvalue weighted by Gasteiger charge is -2.23. The van der Waals surface area contributed by atoms with Crippen molar-refractivity contribution in [1.29, 1.82) is 0 Å². The van der Waals surface area contributed by atoms with Crippen molar-refractivity contribution in [2.45, 2.75) is 19.1 Å². The molecule has 1 rings (SSSR count). The zero-order chi connectivity index (χ0) is 13.8. The quantitative estimate of drug-likeness (QED) is 0.823. The molecule has 18 heavy (non-hydrogen) atoms. The molecule has 0 unspecified atom stereocenters. The van der Waals surface area contributed by atoms with Gasteiger partial charge in [0.2, 0.25) is 0 Å². The van der Waals surface area contributed by atoms with E-state index in [0.29, 0.717) is 11.3 Å². The van der Waals surface area contributed by atoms with Gasteiger partial charge in [0, 0.05) is 31.4 Å². The van der Waals surface area contributed by atoms with E-state index in [0.717, 1.165) is 0 Å². The SMILES string of the molecule is CNCc1c(F)cccc1N(C)CCC(F)(F)F. The summed E-state index contributed by atoms with van der Waals surface area (Å²) in [6.45, 7) is 0.0853. The third-order valence-corrected chi connectivity index (χ3v) is 2.59. The van der Waals surface area contributed by atoms with Crippen LogP contribution in [0.5, 0.6) is 0 Å². The van der Waals surface area contributed by atoms with Gasteiger partial charge in [-0.3, -0.25) is 0 Å². The van der Waals surface area contributed by atoms with Crippen molar-refractivity contribution >= 4 is 5.69 Å². The molecule has 0 saturated heterocycles. The van der Waals surface area contributed by atoms with Gasteiger partial charge in [0.15, 0.2) is 0 Å². The average molecular weight is 264 g/mol. The lowest BCUT2D eigenvalue weighted by molar-refractivity contribution is -0.132. The summed E-state index contributed by atoms with van der Waals surface area (Å²) in [6.07, 6.45) is -5.12. The fourth-order valence-corrected chi connectivity index (χ4v) is 1.67. The highest BCUT2D eigenvalue weighted by atomic mass is 19.4. The Morgan fingerprint density at radius 2 is 1.94 bits per heavy atom. The standard InChI is InChI=1S/C12H16F4N2/c1-17-8-9-10(13)4-3-5-11(9)18(2)7-6-12(14,15)16/h3-5,17H,6-8H2,1-2H3. The summed E-state index contributed by atoms with van der Waals surface area (Å²) in [5, 5.41) is 2.80. The van der Waals surface area contributed by atoms with Gasteiger partial charge < -0.3 is 10.2 Å². The third kappa shape index (κ3) is 4.18. The molecular weight excluding hydrogens is 248 g/mol. The van der Waals surface area contributed by atoms with Crippen LogP contribution in [0.4, 0.5) is 23.2 Å². The summed E-state index contributed by atoms with van der Waals surface area (Å²) < 4.78 is 50.0. The highest BCUT2D eigenvalue weighted by Crippen LogP contribution is 2.25. The summed E-state index contributed by atoms with van der Waals surface area (Å²) in [7, 11) is 3.19. The average Bonchev–Trinajstić information content (AvgIpc) is 2.28. The molecule has 0 atom stereocenters. The van der Waals surface area contributed by atoms with Crippen molar-refractivity contribution < 1.29 is 17.6 Å². The number of alkyl halides is 3. The molecule has 0 spiro atoms. The van der Waals surface area contributed by atoms with Crippen molar-refractivity contribution in [3.05, 3.63) is 29.6 Å². The molecule has 0 heterocycles. The molecule has 0 bridgehead atoms. The Morgan fingerprint density at radius 1 is 1.28 bits per heavy atom. The smallest absolute Gasteiger partial charge is 0.374 e. The second-order valence-corrected chi connectivity index (χ2v) is 4.05. The zero-order valence-electron chi connectivity index (χ0n) is 10.3. The first kappa shape index (κ1) is 14.8. The van der Waals surface area contributed by atoms with Crippen LogP contribution in [0.2, 0.25) is 0 Å². The number of hydrogen-bond donors (Lipinski definition) is 1. The van der Waals surface area contributed by atoms with Gasteiger partial charge >= 0.3 is 6.18 Å². The van der Waals surface area contributed by atoms with Crippen molar-refractivity contribution in [1.82, 2.24) is 5.32 Å². The first-order valence-electron chi connectivity index (χ1n) is 5.55. The molecule has 0 aliphatic carbocycles. The minimum absolute atomic E-state index is 0.191. The van der Waals surface area contributed by atoms with Crippen LogP contribution in [0.15, 0.2) is 18.2 Å². The Labute approximate surface area is 104 Å². The maximum atomic E-state index is 13.6. The Morgan fingerprint density at radius 3 is 2.50 bits per heavy atom. The Bertz CT molecular complexity index is 390. The molecule has 102 valence electrons. The number of halogens is 4. The first-order chi connectivity index (χ1) is 8.35. The van der Waals surface area contributed by atoms with E-state index in [4.69, 9.17) is 0 Å². The monoisotopic (exact) mass is 264 g/mol. The van der Waals surface area contributed by atoms with Gasteiger partial charge in [-0.2, -0.15) is 13.2 Å². The summed E-state index contributed by atoms with van der Waals surface area (Å²) in [5.74, 6) is -0.416. The molecule has 1 aromatic carbocycles. The predicted molar refractivity (Wildman–Crippen MR) is 63.1 cm³/mol. The van der Waals surface area contributed by atoms with E-state index in [-0.39, 0.29) is 13.1 Å².